The van der Waals surface area contributed by atoms with Crippen LogP contribution in [0.4, 0.5) is 0 Å². The van der Waals surface area contributed by atoms with Crippen LogP contribution in [0.15, 0.2) is 18.2 Å². The highest BCUT2D eigenvalue weighted by molar-refractivity contribution is 5.75. The minimum atomic E-state index is 0.0300. The molecule has 4 nitrogen and oxygen atoms in total. The summed E-state index contributed by atoms with van der Waals surface area (Å²) in [6.45, 7) is 8.58. The fraction of sp³-hybridized carbons (Fsp3) is 0.588. The van der Waals surface area contributed by atoms with Gasteiger partial charge in [0, 0.05) is 24.6 Å². The van der Waals surface area contributed by atoms with Crippen LogP contribution in [0.1, 0.15) is 51.2 Å². The molecular formula is C17H28N2O2. The van der Waals surface area contributed by atoms with Crippen molar-refractivity contribution in [1.29, 1.82) is 0 Å². The molecule has 0 aliphatic heterocycles. The first-order valence-electron chi connectivity index (χ1n) is 7.70. The first-order chi connectivity index (χ1) is 9.92. The molecule has 2 atom stereocenters. The van der Waals surface area contributed by atoms with Crippen molar-refractivity contribution >= 4 is 5.91 Å². The highest BCUT2D eigenvalue weighted by atomic mass is 16.5. The predicted octanol–water partition coefficient (Wildman–Crippen LogP) is 2.92. The third-order valence-electron chi connectivity index (χ3n) is 3.43. The van der Waals surface area contributed by atoms with Crippen molar-refractivity contribution < 1.29 is 9.53 Å². The highest BCUT2D eigenvalue weighted by Gasteiger charge is 2.09. The first kappa shape index (κ1) is 17.5. The maximum atomic E-state index is 11.8. The molecule has 1 aromatic carbocycles. The van der Waals surface area contributed by atoms with Gasteiger partial charge >= 0.3 is 0 Å². The molecule has 0 radical (unpaired) electrons. The number of carbonyl (C=O) groups is 1. The van der Waals surface area contributed by atoms with Gasteiger partial charge in [-0.25, -0.2) is 0 Å². The van der Waals surface area contributed by atoms with Gasteiger partial charge in [0.05, 0.1) is 6.10 Å². The van der Waals surface area contributed by atoms with E-state index in [0.29, 0.717) is 19.4 Å². The standard InChI is InChI=1S/C17H28N2O2/c1-5-14(4)21-16-10-12(2)6-8-15(16)11-19-17(20)9-7-13(3)18/h6,8,10,13-14H,5,7,9,11,18H2,1-4H3,(H,19,20). The fourth-order valence-electron chi connectivity index (χ4n) is 1.86. The van der Waals surface area contributed by atoms with Gasteiger partial charge in [0.25, 0.3) is 0 Å². The molecule has 2 unspecified atom stereocenters. The van der Waals surface area contributed by atoms with Gasteiger partial charge in [0.15, 0.2) is 0 Å². The van der Waals surface area contributed by atoms with Crippen LogP contribution in [-0.2, 0) is 11.3 Å². The molecule has 4 heteroatoms. The van der Waals surface area contributed by atoms with Crippen LogP contribution in [0.5, 0.6) is 5.75 Å². The molecule has 0 aliphatic rings. The summed E-state index contributed by atoms with van der Waals surface area (Å²) in [6, 6.07) is 6.13. The molecule has 0 aromatic heterocycles. The van der Waals surface area contributed by atoms with Gasteiger partial charge in [-0.2, -0.15) is 0 Å². The molecule has 0 saturated carbocycles. The zero-order valence-electron chi connectivity index (χ0n) is 13.6. The van der Waals surface area contributed by atoms with E-state index < -0.39 is 0 Å². The molecule has 0 saturated heterocycles. The van der Waals surface area contributed by atoms with E-state index in [2.05, 4.69) is 12.2 Å². The molecule has 1 rings (SSSR count). The Hall–Kier alpha value is -1.55. The number of hydrogen-bond donors (Lipinski definition) is 2. The van der Waals surface area contributed by atoms with Gasteiger partial charge in [-0.3, -0.25) is 4.79 Å². The van der Waals surface area contributed by atoms with Crippen molar-refractivity contribution in [3.05, 3.63) is 29.3 Å². The van der Waals surface area contributed by atoms with E-state index in [0.717, 1.165) is 23.3 Å². The molecule has 21 heavy (non-hydrogen) atoms. The lowest BCUT2D eigenvalue weighted by Crippen LogP contribution is -2.26. The van der Waals surface area contributed by atoms with Crippen molar-refractivity contribution in [1.82, 2.24) is 5.32 Å². The van der Waals surface area contributed by atoms with Crippen LogP contribution in [0, 0.1) is 6.92 Å². The van der Waals surface area contributed by atoms with Gasteiger partial charge in [0.2, 0.25) is 5.91 Å². The van der Waals surface area contributed by atoms with E-state index in [1.165, 1.54) is 0 Å². The Morgan fingerprint density at radius 2 is 2.10 bits per heavy atom. The van der Waals surface area contributed by atoms with E-state index in [4.69, 9.17) is 10.5 Å². The monoisotopic (exact) mass is 292 g/mol. The van der Waals surface area contributed by atoms with Crippen molar-refractivity contribution in [3.63, 3.8) is 0 Å². The third-order valence-corrected chi connectivity index (χ3v) is 3.43. The maximum Gasteiger partial charge on any atom is 0.220 e. The maximum absolute atomic E-state index is 11.8. The lowest BCUT2D eigenvalue weighted by molar-refractivity contribution is -0.121. The Bertz CT molecular complexity index is 458. The Labute approximate surface area is 128 Å². The van der Waals surface area contributed by atoms with Crippen LogP contribution in [0.3, 0.4) is 0 Å². The fourth-order valence-corrected chi connectivity index (χ4v) is 1.86. The zero-order valence-corrected chi connectivity index (χ0v) is 13.6. The highest BCUT2D eigenvalue weighted by Crippen LogP contribution is 2.22. The Kier molecular flexibility index (Phi) is 7.23. The summed E-state index contributed by atoms with van der Waals surface area (Å²) in [5.74, 6) is 0.888. The van der Waals surface area contributed by atoms with E-state index in [-0.39, 0.29) is 18.1 Å². The molecule has 1 aromatic rings. The lowest BCUT2D eigenvalue weighted by Gasteiger charge is -2.17. The largest absolute Gasteiger partial charge is 0.490 e. The predicted molar refractivity (Wildman–Crippen MR) is 86.3 cm³/mol. The van der Waals surface area contributed by atoms with E-state index in [1.807, 2.05) is 39.0 Å². The van der Waals surface area contributed by atoms with Crippen LogP contribution in [0.25, 0.3) is 0 Å². The van der Waals surface area contributed by atoms with Crippen molar-refractivity contribution in [2.24, 2.45) is 5.73 Å². The number of aryl methyl sites for hydroxylation is 1. The molecule has 1 amide bonds. The number of ether oxygens (including phenoxy) is 1. The number of amides is 1. The molecule has 0 heterocycles. The Balaban J connectivity index is 2.63. The summed E-state index contributed by atoms with van der Waals surface area (Å²) >= 11 is 0. The Morgan fingerprint density at radius 3 is 2.71 bits per heavy atom. The van der Waals surface area contributed by atoms with Crippen molar-refractivity contribution in [2.75, 3.05) is 0 Å². The lowest BCUT2D eigenvalue weighted by atomic mass is 10.1. The second-order valence-corrected chi connectivity index (χ2v) is 5.74. The van der Waals surface area contributed by atoms with Gasteiger partial charge in [0.1, 0.15) is 5.75 Å². The number of hydrogen-bond acceptors (Lipinski definition) is 3. The van der Waals surface area contributed by atoms with E-state index >= 15 is 0 Å². The normalized spacial score (nSPS) is 13.6. The molecule has 3 N–H and O–H groups in total. The SMILES string of the molecule is CCC(C)Oc1cc(C)ccc1CNC(=O)CCC(C)N. The van der Waals surface area contributed by atoms with Crippen LogP contribution < -0.4 is 15.8 Å². The summed E-state index contributed by atoms with van der Waals surface area (Å²) < 4.78 is 5.93. The number of nitrogens with one attached hydrogen (secondary N) is 1. The minimum Gasteiger partial charge on any atom is -0.490 e. The smallest absolute Gasteiger partial charge is 0.220 e. The summed E-state index contributed by atoms with van der Waals surface area (Å²) in [5, 5.41) is 2.93. The van der Waals surface area contributed by atoms with Gasteiger partial charge in [-0.15, -0.1) is 0 Å². The van der Waals surface area contributed by atoms with Crippen LogP contribution >= 0.6 is 0 Å². The first-order valence-corrected chi connectivity index (χ1v) is 7.70. The summed E-state index contributed by atoms with van der Waals surface area (Å²) in [5.41, 5.74) is 7.82. The number of benzene rings is 1. The molecule has 0 spiro atoms. The zero-order chi connectivity index (χ0) is 15.8. The second kappa shape index (κ2) is 8.67. The molecule has 118 valence electrons. The summed E-state index contributed by atoms with van der Waals surface area (Å²) in [6.07, 6.45) is 2.29. The van der Waals surface area contributed by atoms with Gasteiger partial charge < -0.3 is 15.8 Å². The average Bonchev–Trinajstić information content (AvgIpc) is 2.44. The molecular weight excluding hydrogens is 264 g/mol. The number of carbonyl (C=O) groups excluding carboxylic acids is 1. The number of nitrogens with two attached hydrogens (primary N) is 1. The van der Waals surface area contributed by atoms with Gasteiger partial charge in [-0.05, 0) is 45.2 Å². The quantitative estimate of drug-likeness (QED) is 0.774. The average molecular weight is 292 g/mol. The van der Waals surface area contributed by atoms with E-state index in [1.54, 1.807) is 0 Å². The van der Waals surface area contributed by atoms with Crippen LogP contribution in [0.2, 0.25) is 0 Å². The third kappa shape index (κ3) is 6.63. The second-order valence-electron chi connectivity index (χ2n) is 5.74. The Morgan fingerprint density at radius 1 is 1.38 bits per heavy atom. The van der Waals surface area contributed by atoms with Gasteiger partial charge in [-0.1, -0.05) is 19.1 Å². The molecule has 0 bridgehead atoms. The minimum absolute atomic E-state index is 0.0300. The molecule has 0 aliphatic carbocycles. The van der Waals surface area contributed by atoms with Crippen molar-refractivity contribution in [3.8, 4) is 5.75 Å². The summed E-state index contributed by atoms with van der Waals surface area (Å²) in [4.78, 5) is 11.8. The molecule has 0 fully saturated rings. The summed E-state index contributed by atoms with van der Waals surface area (Å²) in [7, 11) is 0. The topological polar surface area (TPSA) is 64.3 Å². The number of rotatable bonds is 8. The van der Waals surface area contributed by atoms with Crippen LogP contribution in [-0.4, -0.2) is 18.1 Å². The van der Waals surface area contributed by atoms with E-state index in [9.17, 15) is 4.79 Å². The van der Waals surface area contributed by atoms with Crippen molar-refractivity contribution in [2.45, 2.75) is 65.6 Å².